The molecule has 1 aromatic rings. The second-order valence-electron chi connectivity index (χ2n) is 6.87. The van der Waals surface area contributed by atoms with Gasteiger partial charge < -0.3 is 15.4 Å². The van der Waals surface area contributed by atoms with Gasteiger partial charge in [-0.1, -0.05) is 29.3 Å². The number of hydrogen-bond donors (Lipinski definition) is 2. The second-order valence-corrected chi connectivity index (χ2v) is 6.87. The third-order valence-corrected chi connectivity index (χ3v) is 4.72. The molecular formula is C19H30IN3O. The number of rotatable bonds is 5. The molecule has 2 aliphatic rings. The van der Waals surface area contributed by atoms with Crippen molar-refractivity contribution in [2.75, 3.05) is 13.1 Å². The Labute approximate surface area is 162 Å². The third kappa shape index (κ3) is 5.09. The molecule has 2 N–H and O–H groups in total. The molecule has 0 saturated carbocycles. The van der Waals surface area contributed by atoms with Crippen LogP contribution in [0.2, 0.25) is 0 Å². The van der Waals surface area contributed by atoms with Gasteiger partial charge in [-0.15, -0.1) is 24.0 Å². The van der Waals surface area contributed by atoms with Gasteiger partial charge in [-0.3, -0.25) is 4.99 Å². The summed E-state index contributed by atoms with van der Waals surface area (Å²) in [6.07, 6.45) is 5.35. The molecule has 2 fully saturated rings. The molecule has 2 saturated heterocycles. The monoisotopic (exact) mass is 443 g/mol. The van der Waals surface area contributed by atoms with Gasteiger partial charge in [-0.05, 0) is 52.0 Å². The Hall–Kier alpha value is -0.820. The Kier molecular flexibility index (Phi) is 7.34. The van der Waals surface area contributed by atoms with Crippen LogP contribution in [0.25, 0.3) is 0 Å². The SMILES string of the molecule is CCNC(=NCCc1cc(C)cc(C)c1)NC1CC2CCC1O2.I. The first-order valence-corrected chi connectivity index (χ1v) is 8.91. The van der Waals surface area contributed by atoms with E-state index < -0.39 is 0 Å². The van der Waals surface area contributed by atoms with Crippen LogP contribution in [0.15, 0.2) is 23.2 Å². The van der Waals surface area contributed by atoms with Crippen LogP contribution in [0.5, 0.6) is 0 Å². The van der Waals surface area contributed by atoms with Gasteiger partial charge in [-0.25, -0.2) is 0 Å². The fourth-order valence-corrected chi connectivity index (χ4v) is 3.80. The molecule has 5 heteroatoms. The first-order valence-electron chi connectivity index (χ1n) is 8.91. The van der Waals surface area contributed by atoms with Gasteiger partial charge in [0.2, 0.25) is 0 Å². The molecule has 0 aromatic heterocycles. The lowest BCUT2D eigenvalue weighted by Crippen LogP contribution is -2.47. The highest BCUT2D eigenvalue weighted by molar-refractivity contribution is 14.0. The summed E-state index contributed by atoms with van der Waals surface area (Å²) in [5.41, 5.74) is 4.02. The van der Waals surface area contributed by atoms with Crippen molar-refractivity contribution in [3.8, 4) is 0 Å². The van der Waals surface area contributed by atoms with Crippen LogP contribution in [0.3, 0.4) is 0 Å². The summed E-state index contributed by atoms with van der Waals surface area (Å²) < 4.78 is 5.92. The number of benzene rings is 1. The van der Waals surface area contributed by atoms with E-state index in [0.717, 1.165) is 31.9 Å². The minimum atomic E-state index is 0. The molecule has 0 spiro atoms. The van der Waals surface area contributed by atoms with Crippen LogP contribution in [0.4, 0.5) is 0 Å². The lowest BCUT2D eigenvalue weighted by Gasteiger charge is -2.22. The Morgan fingerprint density at radius 3 is 2.54 bits per heavy atom. The normalized spacial score (nSPS) is 25.5. The Balaban J connectivity index is 0.00000208. The van der Waals surface area contributed by atoms with Crippen molar-refractivity contribution in [2.24, 2.45) is 4.99 Å². The summed E-state index contributed by atoms with van der Waals surface area (Å²) in [5, 5.41) is 6.93. The highest BCUT2D eigenvalue weighted by atomic mass is 127. The molecule has 3 atom stereocenters. The molecule has 2 heterocycles. The fraction of sp³-hybridized carbons (Fsp3) is 0.632. The van der Waals surface area contributed by atoms with Gasteiger partial charge >= 0.3 is 0 Å². The Morgan fingerprint density at radius 2 is 1.96 bits per heavy atom. The van der Waals surface area contributed by atoms with E-state index in [1.54, 1.807) is 0 Å². The third-order valence-electron chi connectivity index (χ3n) is 4.72. The average molecular weight is 443 g/mol. The smallest absolute Gasteiger partial charge is 0.191 e. The highest BCUT2D eigenvalue weighted by Gasteiger charge is 2.41. The summed E-state index contributed by atoms with van der Waals surface area (Å²) in [5.74, 6) is 0.929. The van der Waals surface area contributed by atoms with Gasteiger partial charge in [0.15, 0.2) is 5.96 Å². The van der Waals surface area contributed by atoms with Crippen molar-refractivity contribution >= 4 is 29.9 Å². The Morgan fingerprint density at radius 1 is 1.21 bits per heavy atom. The zero-order valence-corrected chi connectivity index (χ0v) is 17.3. The summed E-state index contributed by atoms with van der Waals surface area (Å²) in [6, 6.07) is 7.15. The van der Waals surface area contributed by atoms with Crippen molar-refractivity contribution in [3.63, 3.8) is 0 Å². The molecule has 2 aliphatic heterocycles. The maximum absolute atomic E-state index is 5.92. The molecular weight excluding hydrogens is 413 g/mol. The molecule has 3 unspecified atom stereocenters. The van der Waals surface area contributed by atoms with Crippen molar-refractivity contribution in [3.05, 3.63) is 34.9 Å². The number of ether oxygens (including phenoxy) is 1. The number of halogens is 1. The van der Waals surface area contributed by atoms with Crippen LogP contribution in [0.1, 0.15) is 42.9 Å². The number of guanidine groups is 1. The van der Waals surface area contributed by atoms with Gasteiger partial charge in [0, 0.05) is 13.1 Å². The van der Waals surface area contributed by atoms with Gasteiger partial charge in [0.25, 0.3) is 0 Å². The van der Waals surface area contributed by atoms with Gasteiger partial charge in [0.05, 0.1) is 18.2 Å². The fourth-order valence-electron chi connectivity index (χ4n) is 3.80. The lowest BCUT2D eigenvalue weighted by molar-refractivity contribution is 0.0992. The molecule has 2 bridgehead atoms. The van der Waals surface area contributed by atoms with Gasteiger partial charge in [0.1, 0.15) is 0 Å². The molecule has 4 nitrogen and oxygen atoms in total. The molecule has 0 radical (unpaired) electrons. The van der Waals surface area contributed by atoms with E-state index in [1.165, 1.54) is 29.5 Å². The van der Waals surface area contributed by atoms with Crippen LogP contribution in [0, 0.1) is 13.8 Å². The first-order chi connectivity index (χ1) is 11.1. The quantitative estimate of drug-likeness (QED) is 0.417. The summed E-state index contributed by atoms with van der Waals surface area (Å²) >= 11 is 0. The summed E-state index contributed by atoms with van der Waals surface area (Å²) in [6.45, 7) is 8.11. The van der Waals surface area contributed by atoms with Crippen LogP contribution < -0.4 is 10.6 Å². The van der Waals surface area contributed by atoms with Crippen LogP contribution in [-0.2, 0) is 11.2 Å². The van der Waals surface area contributed by atoms with E-state index >= 15 is 0 Å². The lowest BCUT2D eigenvalue weighted by atomic mass is 9.96. The zero-order chi connectivity index (χ0) is 16.2. The average Bonchev–Trinajstić information content (AvgIpc) is 3.09. The minimum absolute atomic E-state index is 0. The van der Waals surface area contributed by atoms with Gasteiger partial charge in [-0.2, -0.15) is 0 Å². The molecule has 1 aromatic carbocycles. The number of hydrogen-bond acceptors (Lipinski definition) is 2. The van der Waals surface area contributed by atoms with Crippen molar-refractivity contribution in [1.82, 2.24) is 10.6 Å². The maximum Gasteiger partial charge on any atom is 0.191 e. The zero-order valence-electron chi connectivity index (χ0n) is 15.0. The van der Waals surface area contributed by atoms with E-state index in [0.29, 0.717) is 18.2 Å². The summed E-state index contributed by atoms with van der Waals surface area (Å²) in [7, 11) is 0. The predicted octanol–water partition coefficient (Wildman–Crippen LogP) is 3.34. The molecule has 0 aliphatic carbocycles. The van der Waals surface area contributed by atoms with E-state index in [2.05, 4.69) is 49.6 Å². The predicted molar refractivity (Wildman–Crippen MR) is 110 cm³/mol. The number of aryl methyl sites for hydroxylation is 2. The van der Waals surface area contributed by atoms with E-state index in [4.69, 9.17) is 9.73 Å². The first kappa shape index (κ1) is 19.5. The van der Waals surface area contributed by atoms with E-state index in [9.17, 15) is 0 Å². The topological polar surface area (TPSA) is 45.7 Å². The number of nitrogens with one attached hydrogen (secondary N) is 2. The standard InChI is InChI=1S/C19H29N3O.HI/c1-4-20-19(22-17-12-16-5-6-18(17)23-16)21-8-7-15-10-13(2)9-14(3)11-15;/h9-11,16-18H,4-8,12H2,1-3H3,(H2,20,21,22);1H. The Bertz CT molecular complexity index is 555. The second kappa shape index (κ2) is 9.04. The van der Waals surface area contributed by atoms with E-state index in [-0.39, 0.29) is 24.0 Å². The number of fused-ring (bicyclic) bond motifs is 2. The highest BCUT2D eigenvalue weighted by Crippen LogP contribution is 2.34. The molecule has 134 valence electrons. The molecule has 24 heavy (non-hydrogen) atoms. The summed E-state index contributed by atoms with van der Waals surface area (Å²) in [4.78, 5) is 4.75. The van der Waals surface area contributed by atoms with Crippen LogP contribution in [-0.4, -0.2) is 37.3 Å². The molecule has 0 amide bonds. The number of aliphatic imine (C=N–C) groups is 1. The molecule has 3 rings (SSSR count). The van der Waals surface area contributed by atoms with Crippen LogP contribution >= 0.6 is 24.0 Å². The van der Waals surface area contributed by atoms with Crippen molar-refractivity contribution in [1.29, 1.82) is 0 Å². The maximum atomic E-state index is 5.92. The van der Waals surface area contributed by atoms with Crippen molar-refractivity contribution < 1.29 is 4.74 Å². The van der Waals surface area contributed by atoms with Crippen molar-refractivity contribution in [2.45, 2.75) is 64.7 Å². The largest absolute Gasteiger partial charge is 0.373 e. The minimum Gasteiger partial charge on any atom is -0.373 e. The van der Waals surface area contributed by atoms with E-state index in [1.807, 2.05) is 0 Å². The number of nitrogens with zero attached hydrogens (tertiary/aromatic N) is 1.